The molecule has 7 nitrogen and oxygen atoms in total. The van der Waals surface area contributed by atoms with Crippen LogP contribution in [0.15, 0.2) is 15.5 Å². The number of hydrogen-bond donors (Lipinski definition) is 2. The Morgan fingerprint density at radius 2 is 1.90 bits per heavy atom. The first-order chi connectivity index (χ1) is 13.0. The van der Waals surface area contributed by atoms with Gasteiger partial charge in [0.05, 0.1) is 6.54 Å². The molecule has 2 heterocycles. The predicted octanol–water partition coefficient (Wildman–Crippen LogP) is 3.13. The van der Waals surface area contributed by atoms with Gasteiger partial charge < -0.3 is 15.1 Å². The largest absolute Gasteiger partial charge is 0.511 e. The Morgan fingerprint density at radius 1 is 1.28 bits per heavy atom. The van der Waals surface area contributed by atoms with Gasteiger partial charge in [0.15, 0.2) is 5.96 Å². The van der Waals surface area contributed by atoms with Crippen LogP contribution >= 0.6 is 24.0 Å². The quantitative estimate of drug-likeness (QED) is 0.322. The third kappa shape index (κ3) is 7.02. The number of nitrogens with one attached hydrogen (secondary N) is 2. The van der Waals surface area contributed by atoms with Gasteiger partial charge in [-0.25, -0.2) is 13.4 Å². The van der Waals surface area contributed by atoms with E-state index < -0.39 is 15.5 Å². The second-order valence-corrected chi connectivity index (χ2v) is 8.74. The summed E-state index contributed by atoms with van der Waals surface area (Å²) in [7, 11) is -5.24. The summed E-state index contributed by atoms with van der Waals surface area (Å²) in [5.41, 5.74) is -4.26. The van der Waals surface area contributed by atoms with Crippen LogP contribution in [0.2, 0.25) is 0 Å². The molecular formula is C17H28F3IN4O3S. The summed E-state index contributed by atoms with van der Waals surface area (Å²) < 4.78 is 66.8. The van der Waals surface area contributed by atoms with E-state index in [-0.39, 0.29) is 43.0 Å². The van der Waals surface area contributed by atoms with E-state index in [1.165, 1.54) is 0 Å². The van der Waals surface area contributed by atoms with Crippen molar-refractivity contribution in [2.45, 2.75) is 45.7 Å². The molecule has 0 amide bonds. The molecule has 1 aliphatic rings. The van der Waals surface area contributed by atoms with Gasteiger partial charge in [0.1, 0.15) is 11.5 Å². The second kappa shape index (κ2) is 10.8. The minimum absolute atomic E-state index is 0. The smallest absolute Gasteiger partial charge is 0.466 e. The standard InChI is InChI=1S/C17H27F3N4O3S.HI/c1-4-21-16(23-11-15-9-12(2)27-13(15)3)22-10-14-5-7-24(8-6-14)28(25,26)17(18,19)20;/h9,14H,4-8,10-11H2,1-3H3,(H2,21,22,23);1H. The number of sulfonamides is 1. The van der Waals surface area contributed by atoms with Crippen molar-refractivity contribution < 1.29 is 26.0 Å². The average molecular weight is 552 g/mol. The molecule has 1 aromatic rings. The monoisotopic (exact) mass is 552 g/mol. The van der Waals surface area contributed by atoms with Gasteiger partial charge in [-0.1, -0.05) is 0 Å². The fourth-order valence-electron chi connectivity index (χ4n) is 3.09. The van der Waals surface area contributed by atoms with Crippen LogP contribution in [0.25, 0.3) is 0 Å². The highest BCUT2D eigenvalue weighted by Crippen LogP contribution is 2.30. The molecule has 1 fully saturated rings. The van der Waals surface area contributed by atoms with Crippen LogP contribution in [0, 0.1) is 19.8 Å². The van der Waals surface area contributed by atoms with Gasteiger partial charge in [-0.3, -0.25) is 0 Å². The fourth-order valence-corrected chi connectivity index (χ4v) is 4.07. The second-order valence-electron chi connectivity index (χ2n) is 6.81. The first kappa shape index (κ1) is 26.0. The highest BCUT2D eigenvalue weighted by molar-refractivity contribution is 14.0. The Bertz CT molecular complexity index is 788. The van der Waals surface area contributed by atoms with Gasteiger partial charge in [0.25, 0.3) is 0 Å². The summed E-state index contributed by atoms with van der Waals surface area (Å²) in [6, 6.07) is 1.93. The van der Waals surface area contributed by atoms with Crippen LogP contribution in [0.3, 0.4) is 0 Å². The number of guanidine groups is 1. The lowest BCUT2D eigenvalue weighted by Gasteiger charge is -2.31. The van der Waals surface area contributed by atoms with E-state index in [4.69, 9.17) is 4.42 Å². The van der Waals surface area contributed by atoms with Gasteiger partial charge >= 0.3 is 15.5 Å². The molecule has 2 rings (SSSR count). The van der Waals surface area contributed by atoms with E-state index in [9.17, 15) is 21.6 Å². The van der Waals surface area contributed by atoms with Gasteiger partial charge in [-0.2, -0.15) is 17.5 Å². The number of rotatable bonds is 6. The van der Waals surface area contributed by atoms with Crippen LogP contribution in [0.5, 0.6) is 0 Å². The third-order valence-corrected chi connectivity index (χ3v) is 6.29. The lowest BCUT2D eigenvalue weighted by atomic mass is 9.98. The molecule has 1 aliphatic heterocycles. The van der Waals surface area contributed by atoms with Crippen LogP contribution in [0.1, 0.15) is 36.8 Å². The maximum atomic E-state index is 12.6. The van der Waals surface area contributed by atoms with Crippen molar-refractivity contribution in [3.8, 4) is 0 Å². The molecule has 29 heavy (non-hydrogen) atoms. The number of alkyl halides is 3. The number of halogens is 4. The Balaban J connectivity index is 0.00000420. The van der Waals surface area contributed by atoms with Crippen LogP contribution in [-0.2, 0) is 16.6 Å². The van der Waals surface area contributed by atoms with Crippen molar-refractivity contribution in [1.82, 2.24) is 14.9 Å². The van der Waals surface area contributed by atoms with Gasteiger partial charge in [0.2, 0.25) is 0 Å². The molecule has 1 saturated heterocycles. The van der Waals surface area contributed by atoms with E-state index in [2.05, 4.69) is 15.6 Å². The van der Waals surface area contributed by atoms with E-state index in [0.29, 0.717) is 42.7 Å². The Morgan fingerprint density at radius 3 is 2.38 bits per heavy atom. The molecule has 0 saturated carbocycles. The van der Waals surface area contributed by atoms with Gasteiger partial charge in [-0.05, 0) is 45.6 Å². The highest BCUT2D eigenvalue weighted by atomic mass is 127. The zero-order valence-corrected chi connectivity index (χ0v) is 19.8. The molecule has 2 N–H and O–H groups in total. The van der Waals surface area contributed by atoms with E-state index >= 15 is 0 Å². The molecule has 0 aromatic carbocycles. The Labute approximate surface area is 186 Å². The Hall–Kier alpha value is -1.02. The number of nitrogens with zero attached hydrogens (tertiary/aromatic N) is 2. The normalized spacial score (nSPS) is 17.1. The SMILES string of the molecule is CCNC(=NCc1cc(C)oc1C)NCC1CCN(S(=O)(=O)C(F)(F)F)CC1.I. The van der Waals surface area contributed by atoms with Crippen molar-refractivity contribution >= 4 is 40.0 Å². The molecule has 0 aliphatic carbocycles. The summed E-state index contributed by atoms with van der Waals surface area (Å²) in [5, 5.41) is 6.31. The van der Waals surface area contributed by atoms with Crippen molar-refractivity contribution in [3.05, 3.63) is 23.2 Å². The van der Waals surface area contributed by atoms with Crippen molar-refractivity contribution in [1.29, 1.82) is 0 Å². The zero-order chi connectivity index (χ0) is 20.9. The maximum Gasteiger partial charge on any atom is 0.511 e. The molecular weight excluding hydrogens is 524 g/mol. The van der Waals surface area contributed by atoms with Gasteiger partial charge in [-0.15, -0.1) is 24.0 Å². The number of aryl methyl sites for hydroxylation is 2. The third-order valence-electron chi connectivity index (χ3n) is 4.66. The minimum atomic E-state index is -5.24. The van der Waals surface area contributed by atoms with Crippen molar-refractivity contribution in [2.75, 3.05) is 26.2 Å². The number of piperidine rings is 1. The lowest BCUT2D eigenvalue weighted by molar-refractivity contribution is -0.0496. The van der Waals surface area contributed by atoms with Crippen LogP contribution in [0.4, 0.5) is 13.2 Å². The van der Waals surface area contributed by atoms with Crippen LogP contribution in [-0.4, -0.2) is 50.4 Å². The van der Waals surface area contributed by atoms with Crippen molar-refractivity contribution in [3.63, 3.8) is 0 Å². The lowest BCUT2D eigenvalue weighted by Crippen LogP contribution is -2.47. The molecule has 0 bridgehead atoms. The molecule has 0 unspecified atom stereocenters. The Kier molecular flexibility index (Phi) is 9.73. The number of aliphatic imine (C=N–C) groups is 1. The highest BCUT2D eigenvalue weighted by Gasteiger charge is 2.50. The van der Waals surface area contributed by atoms with E-state index in [1.54, 1.807) is 0 Å². The number of furan rings is 1. The van der Waals surface area contributed by atoms with Crippen LogP contribution < -0.4 is 10.6 Å². The topological polar surface area (TPSA) is 86.9 Å². The first-order valence-electron chi connectivity index (χ1n) is 9.19. The first-order valence-corrected chi connectivity index (χ1v) is 10.6. The fraction of sp³-hybridized carbons (Fsp3) is 0.706. The minimum Gasteiger partial charge on any atom is -0.466 e. The molecule has 0 spiro atoms. The van der Waals surface area contributed by atoms with E-state index in [1.807, 2.05) is 26.8 Å². The number of hydrogen-bond acceptors (Lipinski definition) is 4. The van der Waals surface area contributed by atoms with Crippen molar-refractivity contribution in [2.24, 2.45) is 10.9 Å². The predicted molar refractivity (Wildman–Crippen MR) is 116 cm³/mol. The maximum absolute atomic E-state index is 12.6. The summed E-state index contributed by atoms with van der Waals surface area (Å²) >= 11 is 0. The summed E-state index contributed by atoms with van der Waals surface area (Å²) in [5.74, 6) is 2.31. The summed E-state index contributed by atoms with van der Waals surface area (Å²) in [6.45, 7) is 7.04. The molecule has 0 radical (unpaired) electrons. The zero-order valence-electron chi connectivity index (χ0n) is 16.7. The molecule has 12 heteroatoms. The summed E-state index contributed by atoms with van der Waals surface area (Å²) in [6.07, 6.45) is 0.726. The average Bonchev–Trinajstić information content (AvgIpc) is 2.94. The summed E-state index contributed by atoms with van der Waals surface area (Å²) in [4.78, 5) is 4.51. The van der Waals surface area contributed by atoms with E-state index in [0.717, 1.165) is 17.1 Å². The molecule has 0 atom stereocenters. The van der Waals surface area contributed by atoms with Gasteiger partial charge in [0, 0.05) is 31.7 Å². The molecule has 1 aromatic heterocycles. The molecule has 168 valence electrons.